The van der Waals surface area contributed by atoms with Crippen molar-refractivity contribution in [3.05, 3.63) is 42.1 Å². The molecule has 1 aromatic heterocycles. The zero-order valence-electron chi connectivity index (χ0n) is 18.4. The van der Waals surface area contributed by atoms with Gasteiger partial charge in [0.2, 0.25) is 0 Å². The van der Waals surface area contributed by atoms with Gasteiger partial charge in [0.15, 0.2) is 9.84 Å². The molecule has 1 aliphatic carbocycles. The molecule has 5 rings (SSSR count). The summed E-state index contributed by atoms with van der Waals surface area (Å²) in [5.41, 5.74) is 2.56. The summed E-state index contributed by atoms with van der Waals surface area (Å²) in [7, 11) is -3.22. The van der Waals surface area contributed by atoms with E-state index in [-0.39, 0.29) is 17.8 Å². The molecule has 1 saturated carbocycles. The number of sulfone groups is 1. The lowest BCUT2D eigenvalue weighted by Gasteiger charge is -2.34. The van der Waals surface area contributed by atoms with E-state index in [4.69, 9.17) is 9.47 Å². The van der Waals surface area contributed by atoms with Gasteiger partial charge in [-0.15, -0.1) is 0 Å². The van der Waals surface area contributed by atoms with Gasteiger partial charge in [-0.2, -0.15) is 0 Å². The highest BCUT2D eigenvalue weighted by Crippen LogP contribution is 2.40. The maximum absolute atomic E-state index is 12.3. The van der Waals surface area contributed by atoms with Crippen LogP contribution in [0.2, 0.25) is 0 Å². The van der Waals surface area contributed by atoms with Gasteiger partial charge in [-0.25, -0.2) is 13.2 Å². The Labute approximate surface area is 188 Å². The quantitative estimate of drug-likeness (QED) is 0.695. The molecule has 0 N–H and O–H groups in total. The first kappa shape index (κ1) is 21.2. The van der Waals surface area contributed by atoms with E-state index in [1.165, 1.54) is 6.26 Å². The van der Waals surface area contributed by atoms with Gasteiger partial charge in [0.25, 0.3) is 0 Å². The van der Waals surface area contributed by atoms with Crippen molar-refractivity contribution in [1.29, 1.82) is 0 Å². The van der Waals surface area contributed by atoms with Gasteiger partial charge < -0.3 is 14.4 Å². The minimum absolute atomic E-state index is 0.0915. The van der Waals surface area contributed by atoms with Crippen LogP contribution in [0.3, 0.4) is 0 Å². The lowest BCUT2D eigenvalue weighted by atomic mass is 9.89. The molecular weight excluding hydrogens is 428 g/mol. The molecule has 1 atom stereocenters. The average Bonchev–Trinajstić information content (AvgIpc) is 3.34. The van der Waals surface area contributed by atoms with E-state index < -0.39 is 9.84 Å². The fourth-order valence-electron chi connectivity index (χ4n) is 4.47. The highest BCUT2D eigenvalue weighted by atomic mass is 32.2. The van der Waals surface area contributed by atoms with Gasteiger partial charge in [-0.1, -0.05) is 12.1 Å². The number of fused-ring (bicyclic) bond motifs is 1. The lowest BCUT2D eigenvalue weighted by Crippen LogP contribution is -2.43. The standard InChI is InChI=1S/C24H28N2O5S/c1-24(9-10-24)31-23(27)26-11-7-17(8-12-26)21-14-18-13-20(25-15-22(18)30-21)16-3-5-19(6-4-16)32(2,28)29/h3-6,13,15,17,21H,7-12,14H2,1-2H3. The predicted octanol–water partition coefficient (Wildman–Crippen LogP) is 3.86. The molecule has 1 aromatic carbocycles. The predicted molar refractivity (Wildman–Crippen MR) is 119 cm³/mol. The SMILES string of the molecule is CC1(OC(=O)N2CCC(C3Cc4cc(-c5ccc(S(C)(=O)=O)cc5)ncc4O3)CC2)CC1. The van der Waals surface area contributed by atoms with E-state index >= 15 is 0 Å². The van der Waals surface area contributed by atoms with Crippen molar-refractivity contribution in [2.45, 2.75) is 55.6 Å². The second-order valence-electron chi connectivity index (χ2n) is 9.48. The van der Waals surface area contributed by atoms with E-state index in [9.17, 15) is 13.2 Å². The molecule has 0 radical (unpaired) electrons. The fraction of sp³-hybridized carbons (Fsp3) is 0.500. The molecule has 2 aliphatic heterocycles. The second kappa shape index (κ2) is 7.76. The summed E-state index contributed by atoms with van der Waals surface area (Å²) in [4.78, 5) is 19.0. The summed E-state index contributed by atoms with van der Waals surface area (Å²) < 4.78 is 35.2. The Morgan fingerprint density at radius 3 is 2.50 bits per heavy atom. The monoisotopic (exact) mass is 456 g/mol. The number of hydrogen-bond donors (Lipinski definition) is 0. The Morgan fingerprint density at radius 2 is 1.88 bits per heavy atom. The molecule has 3 heterocycles. The Kier molecular flexibility index (Phi) is 5.15. The number of aromatic nitrogens is 1. The van der Waals surface area contributed by atoms with E-state index in [0.717, 1.165) is 54.7 Å². The molecule has 0 bridgehead atoms. The zero-order valence-corrected chi connectivity index (χ0v) is 19.2. The average molecular weight is 457 g/mol. The van der Waals surface area contributed by atoms with Crippen molar-refractivity contribution in [1.82, 2.24) is 9.88 Å². The summed E-state index contributed by atoms with van der Waals surface area (Å²) in [6, 6.07) is 8.83. The summed E-state index contributed by atoms with van der Waals surface area (Å²) in [5, 5.41) is 0. The maximum Gasteiger partial charge on any atom is 0.410 e. The van der Waals surface area contributed by atoms with Crippen LogP contribution in [0.1, 0.15) is 38.2 Å². The van der Waals surface area contributed by atoms with Crippen LogP contribution in [0.25, 0.3) is 11.3 Å². The highest BCUT2D eigenvalue weighted by Gasteiger charge is 2.43. The van der Waals surface area contributed by atoms with Crippen LogP contribution in [0, 0.1) is 5.92 Å². The minimum Gasteiger partial charge on any atom is -0.488 e. The summed E-state index contributed by atoms with van der Waals surface area (Å²) >= 11 is 0. The van der Waals surface area contributed by atoms with Crippen molar-refractivity contribution in [3.63, 3.8) is 0 Å². The second-order valence-corrected chi connectivity index (χ2v) is 11.5. The molecule has 170 valence electrons. The Morgan fingerprint density at radius 1 is 1.19 bits per heavy atom. The summed E-state index contributed by atoms with van der Waals surface area (Å²) in [6.45, 7) is 3.39. The molecule has 32 heavy (non-hydrogen) atoms. The van der Waals surface area contributed by atoms with Crippen LogP contribution in [-0.2, 0) is 21.0 Å². The highest BCUT2D eigenvalue weighted by molar-refractivity contribution is 7.90. The van der Waals surface area contributed by atoms with Crippen LogP contribution in [0.4, 0.5) is 4.79 Å². The minimum atomic E-state index is -3.22. The number of amides is 1. The number of carbonyl (C=O) groups excluding carboxylic acids is 1. The van der Waals surface area contributed by atoms with Crippen molar-refractivity contribution in [2.24, 2.45) is 5.92 Å². The van der Waals surface area contributed by atoms with Crippen molar-refractivity contribution >= 4 is 15.9 Å². The molecule has 1 amide bonds. The molecule has 2 fully saturated rings. The van der Waals surface area contributed by atoms with Gasteiger partial charge in [0, 0.05) is 36.9 Å². The van der Waals surface area contributed by atoms with Crippen LogP contribution >= 0.6 is 0 Å². The fourth-order valence-corrected chi connectivity index (χ4v) is 5.10. The van der Waals surface area contributed by atoms with Gasteiger partial charge in [0.1, 0.15) is 17.5 Å². The number of likely N-dealkylation sites (tertiary alicyclic amines) is 1. The van der Waals surface area contributed by atoms with Gasteiger partial charge in [-0.3, -0.25) is 4.98 Å². The number of ether oxygens (including phenoxy) is 2. The summed E-state index contributed by atoms with van der Waals surface area (Å²) in [6.07, 6.45) is 7.41. The third-order valence-corrected chi connectivity index (χ3v) is 7.97. The van der Waals surface area contributed by atoms with E-state index in [1.807, 2.05) is 17.9 Å². The van der Waals surface area contributed by atoms with Gasteiger partial charge in [-0.05, 0) is 56.7 Å². The zero-order chi connectivity index (χ0) is 22.5. The number of carbonyl (C=O) groups is 1. The maximum atomic E-state index is 12.3. The van der Waals surface area contributed by atoms with Crippen molar-refractivity contribution < 1.29 is 22.7 Å². The van der Waals surface area contributed by atoms with E-state index in [2.05, 4.69) is 4.98 Å². The van der Waals surface area contributed by atoms with Crippen molar-refractivity contribution in [3.8, 4) is 17.0 Å². The lowest BCUT2D eigenvalue weighted by molar-refractivity contribution is 0.0379. The number of nitrogens with zero attached hydrogens (tertiary/aromatic N) is 2. The van der Waals surface area contributed by atoms with Crippen LogP contribution < -0.4 is 4.74 Å². The molecule has 8 heteroatoms. The van der Waals surface area contributed by atoms with Gasteiger partial charge in [0.05, 0.1) is 16.8 Å². The number of benzene rings is 1. The third-order valence-electron chi connectivity index (χ3n) is 6.84. The summed E-state index contributed by atoms with van der Waals surface area (Å²) in [5.74, 6) is 1.20. The van der Waals surface area contributed by atoms with E-state index in [1.54, 1.807) is 30.5 Å². The molecule has 0 spiro atoms. The normalized spacial score (nSPS) is 22.2. The smallest absolute Gasteiger partial charge is 0.410 e. The molecule has 1 saturated heterocycles. The number of rotatable bonds is 4. The topological polar surface area (TPSA) is 85.8 Å². The number of pyridine rings is 1. The van der Waals surface area contributed by atoms with Crippen LogP contribution in [0.5, 0.6) is 5.75 Å². The molecule has 7 nitrogen and oxygen atoms in total. The first-order valence-electron chi connectivity index (χ1n) is 11.1. The number of hydrogen-bond acceptors (Lipinski definition) is 6. The molecule has 3 aliphatic rings. The third kappa shape index (κ3) is 4.33. The van der Waals surface area contributed by atoms with E-state index in [0.29, 0.717) is 23.9 Å². The Balaban J connectivity index is 1.21. The first-order chi connectivity index (χ1) is 15.2. The number of piperidine rings is 1. The molecular formula is C24H28N2O5S. The van der Waals surface area contributed by atoms with Crippen molar-refractivity contribution in [2.75, 3.05) is 19.3 Å². The molecule has 1 unspecified atom stereocenters. The first-order valence-corrected chi connectivity index (χ1v) is 13.0. The Bertz CT molecular complexity index is 1130. The van der Waals surface area contributed by atoms with Crippen LogP contribution in [-0.4, -0.2) is 55.4 Å². The molecule has 2 aromatic rings. The largest absolute Gasteiger partial charge is 0.488 e. The van der Waals surface area contributed by atoms with Crippen LogP contribution in [0.15, 0.2) is 41.4 Å². The Hall–Kier alpha value is -2.61. The van der Waals surface area contributed by atoms with Gasteiger partial charge >= 0.3 is 6.09 Å².